The molecule has 1 aromatic heterocycles. The number of aromatic nitrogens is 1. The van der Waals surface area contributed by atoms with Crippen molar-refractivity contribution in [3.63, 3.8) is 0 Å². The summed E-state index contributed by atoms with van der Waals surface area (Å²) in [4.78, 5) is 3.70. The third-order valence-electron chi connectivity index (χ3n) is 5.84. The van der Waals surface area contributed by atoms with Crippen LogP contribution in [0.25, 0.3) is 28.2 Å². The zero-order chi connectivity index (χ0) is 21.0. The van der Waals surface area contributed by atoms with Gasteiger partial charge in [-0.1, -0.05) is 121 Å². The molecule has 150 valence electrons. The van der Waals surface area contributed by atoms with Gasteiger partial charge in [-0.25, -0.2) is 0 Å². The molecule has 1 nitrogen and oxygen atoms in total. The molecule has 1 heteroatoms. The number of hydrogen-bond acceptors (Lipinski definition) is 0. The largest absolute Gasteiger partial charge is 0.354 e. The molecule has 0 radical (unpaired) electrons. The van der Waals surface area contributed by atoms with Crippen molar-refractivity contribution in [2.24, 2.45) is 0 Å². The minimum Gasteiger partial charge on any atom is -0.354 e. The van der Waals surface area contributed by atoms with Crippen LogP contribution in [0.3, 0.4) is 0 Å². The van der Waals surface area contributed by atoms with Crippen molar-refractivity contribution < 1.29 is 0 Å². The molecular formula is C30H25N. The van der Waals surface area contributed by atoms with E-state index in [1.54, 1.807) is 0 Å². The molecule has 31 heavy (non-hydrogen) atoms. The van der Waals surface area contributed by atoms with Crippen molar-refractivity contribution in [1.82, 2.24) is 4.98 Å². The molecule has 4 aromatic carbocycles. The number of aromatic amines is 1. The van der Waals surface area contributed by atoms with Gasteiger partial charge in [-0.15, -0.1) is 0 Å². The van der Waals surface area contributed by atoms with E-state index in [9.17, 15) is 0 Å². The molecule has 5 rings (SSSR count). The third kappa shape index (κ3) is 3.95. The Hall–Kier alpha value is -3.84. The Morgan fingerprint density at radius 3 is 2.06 bits per heavy atom. The van der Waals surface area contributed by atoms with Crippen LogP contribution in [0.15, 0.2) is 115 Å². The summed E-state index contributed by atoms with van der Waals surface area (Å²) in [7, 11) is 0. The Morgan fingerprint density at radius 2 is 1.32 bits per heavy atom. The number of para-hydroxylation sites is 1. The molecular weight excluding hydrogens is 374 g/mol. The normalized spacial score (nSPS) is 12.4. The van der Waals surface area contributed by atoms with Crippen LogP contribution in [0.5, 0.6) is 0 Å². The molecule has 0 saturated carbocycles. The second kappa shape index (κ2) is 8.49. The Balaban J connectivity index is 1.72. The summed E-state index contributed by atoms with van der Waals surface area (Å²) in [6.07, 6.45) is 4.58. The Kier molecular flexibility index (Phi) is 5.24. The van der Waals surface area contributed by atoms with Gasteiger partial charge in [0.15, 0.2) is 0 Å². The van der Waals surface area contributed by atoms with Gasteiger partial charge in [0.2, 0.25) is 0 Å². The smallest absolute Gasteiger partial charge is 0.0506 e. The topological polar surface area (TPSA) is 15.8 Å². The second-order valence-electron chi connectivity index (χ2n) is 7.98. The molecule has 0 aliphatic carbocycles. The quantitative estimate of drug-likeness (QED) is 0.308. The molecule has 1 heterocycles. The molecule has 1 atom stereocenters. The SMILES string of the molecule is Cc1ccc(/C=C/C(c2ccccc2)c2c(-c3ccccc3)[nH]c3ccccc23)cc1. The van der Waals surface area contributed by atoms with Crippen LogP contribution < -0.4 is 0 Å². The van der Waals surface area contributed by atoms with Crippen LogP contribution in [-0.4, -0.2) is 4.98 Å². The van der Waals surface area contributed by atoms with E-state index in [1.165, 1.54) is 44.4 Å². The van der Waals surface area contributed by atoms with Crippen LogP contribution in [-0.2, 0) is 0 Å². The standard InChI is InChI=1S/C30H25N/c1-22-16-18-23(19-17-22)20-21-26(24-10-4-2-5-11-24)29-27-14-8-9-15-28(27)31-30(29)25-12-6-3-7-13-25/h2-21,26,31H,1H3/b21-20+. The summed E-state index contributed by atoms with van der Waals surface area (Å²) in [5, 5.41) is 1.27. The van der Waals surface area contributed by atoms with Gasteiger partial charge in [-0.05, 0) is 35.2 Å². The summed E-state index contributed by atoms with van der Waals surface area (Å²) in [6, 6.07) is 38.7. The number of allylic oxidation sites excluding steroid dienone is 1. The van der Waals surface area contributed by atoms with E-state index in [4.69, 9.17) is 0 Å². The van der Waals surface area contributed by atoms with Crippen LogP contribution in [0.4, 0.5) is 0 Å². The van der Waals surface area contributed by atoms with Crippen LogP contribution in [0.1, 0.15) is 28.2 Å². The van der Waals surface area contributed by atoms with E-state index < -0.39 is 0 Å². The van der Waals surface area contributed by atoms with Gasteiger partial charge < -0.3 is 4.98 Å². The lowest BCUT2D eigenvalue weighted by molar-refractivity contribution is 1.05. The lowest BCUT2D eigenvalue weighted by Gasteiger charge is -2.16. The van der Waals surface area contributed by atoms with Crippen molar-refractivity contribution in [1.29, 1.82) is 0 Å². The highest BCUT2D eigenvalue weighted by Gasteiger charge is 2.21. The zero-order valence-electron chi connectivity index (χ0n) is 17.6. The van der Waals surface area contributed by atoms with Crippen molar-refractivity contribution in [3.05, 3.63) is 138 Å². The molecule has 0 bridgehead atoms. The van der Waals surface area contributed by atoms with Crippen molar-refractivity contribution >= 4 is 17.0 Å². The Morgan fingerprint density at radius 1 is 0.677 bits per heavy atom. The number of benzene rings is 4. The van der Waals surface area contributed by atoms with Gasteiger partial charge in [0.05, 0.1) is 5.69 Å². The first-order valence-corrected chi connectivity index (χ1v) is 10.8. The number of nitrogens with one attached hydrogen (secondary N) is 1. The minimum atomic E-state index is 0.133. The molecule has 1 unspecified atom stereocenters. The van der Waals surface area contributed by atoms with Gasteiger partial charge in [0, 0.05) is 16.8 Å². The highest BCUT2D eigenvalue weighted by atomic mass is 14.7. The van der Waals surface area contributed by atoms with Gasteiger partial charge in [-0.3, -0.25) is 0 Å². The first-order chi connectivity index (χ1) is 15.3. The van der Waals surface area contributed by atoms with E-state index in [-0.39, 0.29) is 5.92 Å². The fourth-order valence-electron chi connectivity index (χ4n) is 4.24. The fourth-order valence-corrected chi connectivity index (χ4v) is 4.24. The molecule has 0 aliphatic rings. The first-order valence-electron chi connectivity index (χ1n) is 10.8. The number of fused-ring (bicyclic) bond motifs is 1. The van der Waals surface area contributed by atoms with Gasteiger partial charge in [0.1, 0.15) is 0 Å². The third-order valence-corrected chi connectivity index (χ3v) is 5.84. The molecule has 5 aromatic rings. The number of hydrogen-bond donors (Lipinski definition) is 1. The first kappa shape index (κ1) is 19.1. The summed E-state index contributed by atoms with van der Waals surface area (Å²) in [6.45, 7) is 2.12. The second-order valence-corrected chi connectivity index (χ2v) is 7.98. The van der Waals surface area contributed by atoms with Gasteiger partial charge >= 0.3 is 0 Å². The summed E-state index contributed by atoms with van der Waals surface area (Å²) in [5.41, 5.74) is 8.65. The van der Waals surface area contributed by atoms with Gasteiger partial charge in [-0.2, -0.15) is 0 Å². The highest BCUT2D eigenvalue weighted by molar-refractivity contribution is 5.92. The maximum atomic E-state index is 3.70. The van der Waals surface area contributed by atoms with E-state index >= 15 is 0 Å². The van der Waals surface area contributed by atoms with Gasteiger partial charge in [0.25, 0.3) is 0 Å². The van der Waals surface area contributed by atoms with E-state index in [0.717, 1.165) is 0 Å². The Bertz CT molecular complexity index is 1310. The van der Waals surface area contributed by atoms with Crippen molar-refractivity contribution in [2.75, 3.05) is 0 Å². The van der Waals surface area contributed by atoms with E-state index in [0.29, 0.717) is 0 Å². The maximum Gasteiger partial charge on any atom is 0.0506 e. The van der Waals surface area contributed by atoms with Crippen LogP contribution in [0.2, 0.25) is 0 Å². The average molecular weight is 400 g/mol. The zero-order valence-corrected chi connectivity index (χ0v) is 17.6. The molecule has 0 fully saturated rings. The summed E-state index contributed by atoms with van der Waals surface area (Å²) < 4.78 is 0. The lowest BCUT2D eigenvalue weighted by atomic mass is 9.87. The molecule has 0 amide bonds. The minimum absolute atomic E-state index is 0.133. The molecule has 0 spiro atoms. The average Bonchev–Trinajstić information content (AvgIpc) is 3.21. The van der Waals surface area contributed by atoms with E-state index in [1.807, 2.05) is 0 Å². The highest BCUT2D eigenvalue weighted by Crippen LogP contribution is 2.39. The fraction of sp³-hybridized carbons (Fsp3) is 0.0667. The monoisotopic (exact) mass is 399 g/mol. The van der Waals surface area contributed by atoms with E-state index in [2.05, 4.69) is 133 Å². The Labute approximate surface area is 183 Å². The number of rotatable bonds is 5. The molecule has 0 saturated heterocycles. The van der Waals surface area contributed by atoms with Crippen molar-refractivity contribution in [3.8, 4) is 11.3 Å². The van der Waals surface area contributed by atoms with Crippen molar-refractivity contribution in [2.45, 2.75) is 12.8 Å². The maximum absolute atomic E-state index is 3.70. The number of aryl methyl sites for hydroxylation is 1. The summed E-state index contributed by atoms with van der Waals surface area (Å²) >= 11 is 0. The lowest BCUT2D eigenvalue weighted by Crippen LogP contribution is -1.99. The van der Waals surface area contributed by atoms with Crippen LogP contribution >= 0.6 is 0 Å². The van der Waals surface area contributed by atoms with Crippen LogP contribution in [0, 0.1) is 6.92 Å². The molecule has 0 aliphatic heterocycles. The molecule has 1 N–H and O–H groups in total. The predicted molar refractivity (Wildman–Crippen MR) is 132 cm³/mol. The number of H-pyrrole nitrogens is 1. The predicted octanol–water partition coefficient (Wildman–Crippen LogP) is 7.99. The summed E-state index contributed by atoms with van der Waals surface area (Å²) in [5.74, 6) is 0.133.